The van der Waals surface area contributed by atoms with Gasteiger partial charge in [0.15, 0.2) is 0 Å². The molecule has 1 N–H and O–H groups in total. The Labute approximate surface area is 192 Å². The van der Waals surface area contributed by atoms with Crippen molar-refractivity contribution in [3.63, 3.8) is 0 Å². The van der Waals surface area contributed by atoms with E-state index in [1.54, 1.807) is 36.7 Å². The van der Waals surface area contributed by atoms with E-state index in [-0.39, 0.29) is 18.2 Å². The van der Waals surface area contributed by atoms with Crippen molar-refractivity contribution < 1.29 is 9.59 Å². The fraction of sp³-hybridized carbons (Fsp3) is 0.107. The monoisotopic (exact) mass is 433 g/mol. The largest absolute Gasteiger partial charge is 0.326 e. The Hall–Kier alpha value is -4.25. The number of pyridine rings is 1. The van der Waals surface area contributed by atoms with Gasteiger partial charge in [0, 0.05) is 29.3 Å². The van der Waals surface area contributed by atoms with E-state index in [4.69, 9.17) is 0 Å². The molecule has 0 spiro atoms. The van der Waals surface area contributed by atoms with Gasteiger partial charge in [0.05, 0.1) is 13.0 Å². The standard InChI is InChI=1S/C28H23N3O2/c32-27(16-20-6-5-15-29-18-20)30-25-13-11-21(12-14-25)28(33)31-19-24-9-2-1-7-22(24)17-23-8-3-4-10-26(23)31/h1-15,18H,16-17,19H2,(H,30,32). The van der Waals surface area contributed by atoms with Crippen molar-refractivity contribution >= 4 is 23.2 Å². The third kappa shape index (κ3) is 4.53. The van der Waals surface area contributed by atoms with Crippen molar-refractivity contribution in [2.45, 2.75) is 19.4 Å². The molecule has 0 unspecified atom stereocenters. The highest BCUT2D eigenvalue weighted by molar-refractivity contribution is 6.07. The fourth-order valence-electron chi connectivity index (χ4n) is 4.19. The summed E-state index contributed by atoms with van der Waals surface area (Å²) in [5.74, 6) is -0.187. The summed E-state index contributed by atoms with van der Waals surface area (Å²) in [5, 5.41) is 2.88. The van der Waals surface area contributed by atoms with Crippen molar-refractivity contribution in [3.8, 4) is 0 Å². The molecule has 5 heteroatoms. The van der Waals surface area contributed by atoms with Crippen molar-refractivity contribution in [3.05, 3.63) is 125 Å². The van der Waals surface area contributed by atoms with Crippen LogP contribution >= 0.6 is 0 Å². The van der Waals surface area contributed by atoms with Gasteiger partial charge in [-0.3, -0.25) is 14.6 Å². The lowest BCUT2D eigenvalue weighted by Crippen LogP contribution is -2.30. The average Bonchev–Trinajstić information content (AvgIpc) is 3.01. The Kier molecular flexibility index (Phi) is 5.68. The number of nitrogens with one attached hydrogen (secondary N) is 1. The number of para-hydroxylation sites is 1. The van der Waals surface area contributed by atoms with E-state index in [1.165, 1.54) is 5.56 Å². The number of nitrogens with zero attached hydrogens (tertiary/aromatic N) is 2. The molecule has 33 heavy (non-hydrogen) atoms. The van der Waals surface area contributed by atoms with Crippen LogP contribution in [0.15, 0.2) is 97.3 Å². The SMILES string of the molecule is O=C(Cc1cccnc1)Nc1ccc(C(=O)N2Cc3ccccc3Cc3ccccc32)cc1. The molecule has 4 aromatic rings. The molecule has 1 aromatic heterocycles. The first-order valence-corrected chi connectivity index (χ1v) is 10.9. The number of hydrogen-bond acceptors (Lipinski definition) is 3. The molecular formula is C28H23N3O2. The van der Waals surface area contributed by atoms with E-state index < -0.39 is 0 Å². The molecule has 0 radical (unpaired) electrons. The van der Waals surface area contributed by atoms with Crippen LogP contribution in [0.3, 0.4) is 0 Å². The maximum Gasteiger partial charge on any atom is 0.258 e. The molecule has 0 saturated carbocycles. The van der Waals surface area contributed by atoms with E-state index in [0.29, 0.717) is 17.8 Å². The van der Waals surface area contributed by atoms with Crippen LogP contribution < -0.4 is 10.2 Å². The first kappa shape index (κ1) is 20.6. The first-order chi connectivity index (χ1) is 16.2. The summed E-state index contributed by atoms with van der Waals surface area (Å²) in [5.41, 5.74) is 6.55. The Morgan fingerprint density at radius 2 is 1.55 bits per heavy atom. The summed E-state index contributed by atoms with van der Waals surface area (Å²) in [6.07, 6.45) is 4.41. The second-order valence-electron chi connectivity index (χ2n) is 8.13. The van der Waals surface area contributed by atoms with E-state index in [1.807, 2.05) is 47.4 Å². The molecule has 3 aromatic carbocycles. The van der Waals surface area contributed by atoms with E-state index >= 15 is 0 Å². The van der Waals surface area contributed by atoms with Gasteiger partial charge in [-0.05, 0) is 65.1 Å². The zero-order chi connectivity index (χ0) is 22.6. The van der Waals surface area contributed by atoms with Gasteiger partial charge in [-0.25, -0.2) is 0 Å². The molecule has 2 heterocycles. The number of carbonyl (C=O) groups is 2. The van der Waals surface area contributed by atoms with Gasteiger partial charge < -0.3 is 10.2 Å². The predicted molar refractivity (Wildman–Crippen MR) is 129 cm³/mol. The highest BCUT2D eigenvalue weighted by Crippen LogP contribution is 2.31. The topological polar surface area (TPSA) is 62.3 Å². The summed E-state index contributed by atoms with van der Waals surface area (Å²) in [6.45, 7) is 0.523. The summed E-state index contributed by atoms with van der Waals surface area (Å²) in [4.78, 5) is 31.7. The third-order valence-corrected chi connectivity index (χ3v) is 5.86. The Bertz CT molecular complexity index is 1300. The third-order valence-electron chi connectivity index (χ3n) is 5.86. The number of rotatable bonds is 4. The fourth-order valence-corrected chi connectivity index (χ4v) is 4.19. The van der Waals surface area contributed by atoms with Crippen molar-refractivity contribution in [2.75, 3.05) is 10.2 Å². The highest BCUT2D eigenvalue weighted by Gasteiger charge is 2.24. The molecule has 0 aliphatic carbocycles. The van der Waals surface area contributed by atoms with E-state index in [9.17, 15) is 9.59 Å². The quantitative estimate of drug-likeness (QED) is 0.492. The lowest BCUT2D eigenvalue weighted by atomic mass is 10.0. The van der Waals surface area contributed by atoms with Crippen molar-refractivity contribution in [1.82, 2.24) is 4.98 Å². The Balaban J connectivity index is 1.35. The van der Waals surface area contributed by atoms with Gasteiger partial charge in [-0.15, -0.1) is 0 Å². The van der Waals surface area contributed by atoms with Crippen LogP contribution in [0.25, 0.3) is 0 Å². The van der Waals surface area contributed by atoms with E-state index in [0.717, 1.165) is 28.8 Å². The van der Waals surface area contributed by atoms with Gasteiger partial charge in [0.25, 0.3) is 5.91 Å². The van der Waals surface area contributed by atoms with Crippen LogP contribution in [0.2, 0.25) is 0 Å². The number of benzene rings is 3. The number of carbonyl (C=O) groups excluding carboxylic acids is 2. The Morgan fingerprint density at radius 3 is 2.30 bits per heavy atom. The number of fused-ring (bicyclic) bond motifs is 2. The smallest absolute Gasteiger partial charge is 0.258 e. The Morgan fingerprint density at radius 1 is 0.818 bits per heavy atom. The molecule has 5 nitrogen and oxygen atoms in total. The minimum atomic E-state index is -0.125. The molecular weight excluding hydrogens is 410 g/mol. The molecule has 1 aliphatic heterocycles. The van der Waals surface area contributed by atoms with Gasteiger partial charge in [0.1, 0.15) is 0 Å². The maximum absolute atomic E-state index is 13.5. The molecule has 0 atom stereocenters. The summed E-state index contributed by atoms with van der Waals surface area (Å²) < 4.78 is 0. The minimum Gasteiger partial charge on any atom is -0.326 e. The second-order valence-corrected chi connectivity index (χ2v) is 8.13. The number of hydrogen-bond donors (Lipinski definition) is 1. The van der Waals surface area contributed by atoms with Crippen LogP contribution in [-0.4, -0.2) is 16.8 Å². The van der Waals surface area contributed by atoms with Crippen LogP contribution in [0.4, 0.5) is 11.4 Å². The predicted octanol–water partition coefficient (Wildman–Crippen LogP) is 5.01. The average molecular weight is 434 g/mol. The summed E-state index contributed by atoms with van der Waals surface area (Å²) >= 11 is 0. The second kappa shape index (κ2) is 9.09. The van der Waals surface area contributed by atoms with Crippen LogP contribution in [0.5, 0.6) is 0 Å². The summed E-state index contributed by atoms with van der Waals surface area (Å²) in [6, 6.07) is 27.1. The van der Waals surface area contributed by atoms with Crippen LogP contribution in [0.1, 0.15) is 32.6 Å². The molecule has 0 saturated heterocycles. The van der Waals surface area contributed by atoms with Gasteiger partial charge in [-0.2, -0.15) is 0 Å². The molecule has 1 aliphatic rings. The van der Waals surface area contributed by atoms with Gasteiger partial charge in [0.2, 0.25) is 5.91 Å². The number of amides is 2. The minimum absolute atomic E-state index is 0.0626. The van der Waals surface area contributed by atoms with Crippen molar-refractivity contribution in [2.24, 2.45) is 0 Å². The van der Waals surface area contributed by atoms with Gasteiger partial charge >= 0.3 is 0 Å². The molecule has 5 rings (SSSR count). The zero-order valence-corrected chi connectivity index (χ0v) is 18.1. The highest BCUT2D eigenvalue weighted by atomic mass is 16.2. The number of anilines is 2. The molecule has 0 bridgehead atoms. The lowest BCUT2D eigenvalue weighted by Gasteiger charge is -2.23. The number of aromatic nitrogens is 1. The maximum atomic E-state index is 13.5. The lowest BCUT2D eigenvalue weighted by molar-refractivity contribution is -0.115. The van der Waals surface area contributed by atoms with Crippen LogP contribution in [-0.2, 0) is 24.2 Å². The molecule has 2 amide bonds. The van der Waals surface area contributed by atoms with Crippen LogP contribution in [0, 0.1) is 0 Å². The zero-order valence-electron chi connectivity index (χ0n) is 18.1. The molecule has 162 valence electrons. The van der Waals surface area contributed by atoms with E-state index in [2.05, 4.69) is 28.5 Å². The first-order valence-electron chi connectivity index (χ1n) is 10.9. The van der Waals surface area contributed by atoms with Crippen molar-refractivity contribution in [1.29, 1.82) is 0 Å². The normalized spacial score (nSPS) is 12.3. The van der Waals surface area contributed by atoms with Gasteiger partial charge in [-0.1, -0.05) is 48.5 Å². The molecule has 0 fully saturated rings. The summed E-state index contributed by atoms with van der Waals surface area (Å²) in [7, 11) is 0.